The Bertz CT molecular complexity index is 1090. The summed E-state index contributed by atoms with van der Waals surface area (Å²) in [5, 5.41) is 2.75. The molecule has 1 N–H and O–H groups in total. The van der Waals surface area contributed by atoms with E-state index >= 15 is 0 Å². The molecular weight excluding hydrogens is 377 g/mol. The molecule has 0 aliphatic heterocycles. The van der Waals surface area contributed by atoms with Crippen molar-refractivity contribution in [3.8, 4) is 0 Å². The summed E-state index contributed by atoms with van der Waals surface area (Å²) >= 11 is 5.84. The molecule has 1 atom stereocenters. The maximum absolute atomic E-state index is 13.0. The van der Waals surface area contributed by atoms with Gasteiger partial charge < -0.3 is 14.5 Å². The van der Waals surface area contributed by atoms with Crippen molar-refractivity contribution >= 4 is 40.1 Å². The van der Waals surface area contributed by atoms with E-state index in [4.69, 9.17) is 20.8 Å². The smallest absolute Gasteiger partial charge is 0.375 e. The van der Waals surface area contributed by atoms with Gasteiger partial charge in [-0.25, -0.2) is 9.18 Å². The zero-order valence-electron chi connectivity index (χ0n) is 14.0. The number of para-hydroxylation sites is 1. The van der Waals surface area contributed by atoms with Crippen LogP contribution in [-0.2, 0) is 9.53 Å². The fourth-order valence-corrected chi connectivity index (χ4v) is 2.52. The fourth-order valence-electron chi connectivity index (χ4n) is 2.30. The van der Waals surface area contributed by atoms with Gasteiger partial charge in [0.1, 0.15) is 11.4 Å². The minimum Gasteiger partial charge on any atom is -0.449 e. The molecule has 27 heavy (non-hydrogen) atoms. The number of nitrogens with one attached hydrogen (secondary N) is 1. The topological polar surface area (TPSA) is 85.6 Å². The number of anilines is 1. The Kier molecular flexibility index (Phi) is 5.23. The lowest BCUT2D eigenvalue weighted by Gasteiger charge is -2.14. The first-order valence-electron chi connectivity index (χ1n) is 7.85. The van der Waals surface area contributed by atoms with Gasteiger partial charge in [-0.15, -0.1) is 0 Å². The van der Waals surface area contributed by atoms with Crippen LogP contribution in [0.25, 0.3) is 11.0 Å². The van der Waals surface area contributed by atoms with Crippen molar-refractivity contribution in [2.75, 3.05) is 5.32 Å². The molecule has 138 valence electrons. The molecule has 2 aromatic carbocycles. The highest BCUT2D eigenvalue weighted by Gasteiger charge is 2.22. The summed E-state index contributed by atoms with van der Waals surface area (Å²) in [6.45, 7) is 1.34. The summed E-state index contributed by atoms with van der Waals surface area (Å²) in [6.07, 6.45) is -1.21. The second-order valence-corrected chi connectivity index (χ2v) is 6.04. The van der Waals surface area contributed by atoms with E-state index in [-0.39, 0.29) is 22.1 Å². The lowest BCUT2D eigenvalue weighted by Crippen LogP contribution is -2.30. The molecule has 6 nitrogen and oxygen atoms in total. The molecule has 0 saturated heterocycles. The van der Waals surface area contributed by atoms with E-state index in [1.165, 1.54) is 13.0 Å². The van der Waals surface area contributed by atoms with Crippen molar-refractivity contribution in [1.82, 2.24) is 0 Å². The average molecular weight is 390 g/mol. The first-order valence-corrected chi connectivity index (χ1v) is 8.23. The highest BCUT2D eigenvalue weighted by Crippen LogP contribution is 2.22. The van der Waals surface area contributed by atoms with Gasteiger partial charge in [0, 0.05) is 6.07 Å². The van der Waals surface area contributed by atoms with E-state index in [1.807, 2.05) is 0 Å². The Morgan fingerprint density at radius 1 is 1.19 bits per heavy atom. The van der Waals surface area contributed by atoms with Crippen molar-refractivity contribution in [1.29, 1.82) is 0 Å². The van der Waals surface area contributed by atoms with E-state index in [0.29, 0.717) is 5.39 Å². The van der Waals surface area contributed by atoms with Gasteiger partial charge in [-0.3, -0.25) is 9.59 Å². The molecule has 3 rings (SSSR count). The van der Waals surface area contributed by atoms with Crippen molar-refractivity contribution in [3.63, 3.8) is 0 Å². The third-order valence-corrected chi connectivity index (χ3v) is 3.99. The van der Waals surface area contributed by atoms with E-state index < -0.39 is 29.2 Å². The van der Waals surface area contributed by atoms with Crippen LogP contribution in [0.2, 0.25) is 5.02 Å². The quantitative estimate of drug-likeness (QED) is 0.686. The summed E-state index contributed by atoms with van der Waals surface area (Å²) in [5.41, 5.74) is -0.00523. The number of esters is 1. The second-order valence-electron chi connectivity index (χ2n) is 5.63. The number of fused-ring (bicyclic) bond motifs is 1. The minimum atomic E-state index is -1.21. The van der Waals surface area contributed by atoms with E-state index in [2.05, 4.69) is 5.32 Å². The molecule has 3 aromatic rings. The monoisotopic (exact) mass is 389 g/mol. The van der Waals surface area contributed by atoms with Crippen LogP contribution in [0.15, 0.2) is 57.7 Å². The highest BCUT2D eigenvalue weighted by atomic mass is 35.5. The van der Waals surface area contributed by atoms with Gasteiger partial charge >= 0.3 is 5.97 Å². The molecule has 1 aromatic heterocycles. The molecule has 0 unspecified atom stereocenters. The second kappa shape index (κ2) is 7.59. The van der Waals surface area contributed by atoms with Crippen LogP contribution in [-0.4, -0.2) is 18.0 Å². The summed E-state index contributed by atoms with van der Waals surface area (Å²) in [5.74, 6) is -2.52. The predicted molar refractivity (Wildman–Crippen MR) is 97.4 cm³/mol. The standard InChI is InChI=1S/C19H13ClFNO5/c1-10(18(24)22-14-7-6-11(21)8-13(14)20)26-19(25)17-9-15(23)12-4-2-3-5-16(12)27-17/h2-10H,1H3,(H,22,24)/t10-/m1/s1. The largest absolute Gasteiger partial charge is 0.449 e. The molecule has 0 bridgehead atoms. The first-order chi connectivity index (χ1) is 12.8. The SMILES string of the molecule is C[C@@H](OC(=O)c1cc(=O)c2ccccc2o1)C(=O)Nc1ccc(F)cc1Cl. The van der Waals surface area contributed by atoms with Gasteiger partial charge in [0.15, 0.2) is 11.5 Å². The van der Waals surface area contributed by atoms with Gasteiger partial charge in [-0.05, 0) is 37.3 Å². The number of benzene rings is 2. The van der Waals surface area contributed by atoms with Gasteiger partial charge in [0.2, 0.25) is 5.76 Å². The Morgan fingerprint density at radius 2 is 1.93 bits per heavy atom. The van der Waals surface area contributed by atoms with Crippen molar-refractivity contribution < 1.29 is 23.1 Å². The number of rotatable bonds is 4. The Balaban J connectivity index is 1.73. The Hall–Kier alpha value is -3.19. The van der Waals surface area contributed by atoms with Gasteiger partial charge in [0.05, 0.1) is 16.1 Å². The fraction of sp³-hybridized carbons (Fsp3) is 0.105. The van der Waals surface area contributed by atoms with Crippen LogP contribution in [0.4, 0.5) is 10.1 Å². The number of hydrogen-bond acceptors (Lipinski definition) is 5. The molecule has 0 aliphatic carbocycles. The number of carbonyl (C=O) groups is 2. The van der Waals surface area contributed by atoms with Gasteiger partial charge in [-0.1, -0.05) is 23.7 Å². The molecule has 1 amide bonds. The Labute approximate surface area is 157 Å². The average Bonchev–Trinajstić information content (AvgIpc) is 2.63. The van der Waals surface area contributed by atoms with Gasteiger partial charge in [-0.2, -0.15) is 0 Å². The van der Waals surface area contributed by atoms with E-state index in [1.54, 1.807) is 24.3 Å². The molecule has 0 fully saturated rings. The van der Waals surface area contributed by atoms with Crippen LogP contribution in [0.5, 0.6) is 0 Å². The van der Waals surface area contributed by atoms with Crippen LogP contribution < -0.4 is 10.7 Å². The molecular formula is C19H13ClFNO5. The zero-order valence-corrected chi connectivity index (χ0v) is 14.7. The molecule has 1 heterocycles. The maximum Gasteiger partial charge on any atom is 0.375 e. The normalized spacial score (nSPS) is 11.8. The van der Waals surface area contributed by atoms with E-state index in [0.717, 1.165) is 18.2 Å². The number of amides is 1. The van der Waals surface area contributed by atoms with Crippen LogP contribution in [0.1, 0.15) is 17.5 Å². The van der Waals surface area contributed by atoms with Crippen molar-refractivity contribution in [3.05, 3.63) is 75.4 Å². The number of hydrogen-bond donors (Lipinski definition) is 1. The predicted octanol–water partition coefficient (Wildman–Crippen LogP) is 3.77. The number of ether oxygens (including phenoxy) is 1. The van der Waals surface area contributed by atoms with Crippen molar-refractivity contribution in [2.45, 2.75) is 13.0 Å². The first kappa shape index (κ1) is 18.6. The Morgan fingerprint density at radius 3 is 2.67 bits per heavy atom. The zero-order chi connectivity index (χ0) is 19.6. The molecule has 0 spiro atoms. The molecule has 8 heteroatoms. The lowest BCUT2D eigenvalue weighted by molar-refractivity contribution is -0.123. The van der Waals surface area contributed by atoms with Crippen LogP contribution >= 0.6 is 11.6 Å². The van der Waals surface area contributed by atoms with Gasteiger partial charge in [0.25, 0.3) is 5.91 Å². The summed E-state index contributed by atoms with van der Waals surface area (Å²) in [6, 6.07) is 10.9. The summed E-state index contributed by atoms with van der Waals surface area (Å²) < 4.78 is 23.4. The molecule has 0 radical (unpaired) electrons. The number of carbonyl (C=O) groups excluding carboxylic acids is 2. The lowest BCUT2D eigenvalue weighted by atomic mass is 10.2. The highest BCUT2D eigenvalue weighted by molar-refractivity contribution is 6.33. The summed E-state index contributed by atoms with van der Waals surface area (Å²) in [7, 11) is 0. The van der Waals surface area contributed by atoms with Crippen LogP contribution in [0.3, 0.4) is 0 Å². The minimum absolute atomic E-state index is 0.00222. The molecule has 0 aliphatic rings. The van der Waals surface area contributed by atoms with E-state index in [9.17, 15) is 18.8 Å². The third-order valence-electron chi connectivity index (χ3n) is 3.68. The van der Waals surface area contributed by atoms with Crippen LogP contribution in [0, 0.1) is 5.82 Å². The molecule has 0 saturated carbocycles. The third kappa shape index (κ3) is 4.15. The summed E-state index contributed by atoms with van der Waals surface area (Å²) in [4.78, 5) is 36.4. The number of halogens is 2. The van der Waals surface area contributed by atoms with Crippen molar-refractivity contribution in [2.24, 2.45) is 0 Å². The maximum atomic E-state index is 13.0.